The van der Waals surface area contributed by atoms with Gasteiger partial charge in [-0.25, -0.2) is 4.79 Å². The van der Waals surface area contributed by atoms with Crippen LogP contribution in [-0.2, 0) is 25.7 Å². The number of fused-ring (bicyclic) bond motifs is 5. The molecule has 2 aromatic carbocycles. The van der Waals surface area contributed by atoms with E-state index in [1.165, 1.54) is 27.4 Å². The number of Topliss-reactive ketones (excluding diaryl/α,β-unsaturated/α-hetero) is 1. The minimum Gasteiger partial charge on any atom is -0.507 e. The SMILES string of the molecule is COc1cc(C(CC(=O)NCCCCCC(=O)N2CC3CC(C2)c2cccc(=O)n2C3)c2c(O)cc3c(c2O)C(=O)OC(C)CCCC(=O)CCCC=C3)cc(OC)c1OC. The number of nitrogens with one attached hydrogen (secondary N) is 1. The lowest BCUT2D eigenvalue weighted by atomic mass is 9.83. The summed E-state index contributed by atoms with van der Waals surface area (Å²) in [6.07, 6.45) is 8.98. The Hall–Kier alpha value is -5.79. The predicted molar refractivity (Wildman–Crippen MR) is 229 cm³/mol. The molecule has 0 saturated carbocycles. The number of piperidine rings is 1. The first-order valence-electron chi connectivity index (χ1n) is 21.4. The summed E-state index contributed by atoms with van der Waals surface area (Å²) in [6.45, 7) is 3.95. The second kappa shape index (κ2) is 20.7. The van der Waals surface area contributed by atoms with Crippen molar-refractivity contribution in [3.63, 3.8) is 0 Å². The molecule has 14 heteroatoms. The van der Waals surface area contributed by atoms with E-state index in [4.69, 9.17) is 18.9 Å². The highest BCUT2D eigenvalue weighted by Gasteiger charge is 2.36. The summed E-state index contributed by atoms with van der Waals surface area (Å²) in [6, 6.07) is 10.0. The van der Waals surface area contributed by atoms with Crippen LogP contribution in [0.5, 0.6) is 28.7 Å². The number of phenols is 2. The van der Waals surface area contributed by atoms with E-state index < -0.39 is 23.7 Å². The van der Waals surface area contributed by atoms with Crippen LogP contribution in [0.15, 0.2) is 47.3 Å². The molecule has 328 valence electrons. The molecule has 61 heavy (non-hydrogen) atoms. The van der Waals surface area contributed by atoms with E-state index >= 15 is 0 Å². The summed E-state index contributed by atoms with van der Waals surface area (Å²) < 4.78 is 24.4. The van der Waals surface area contributed by atoms with Crippen molar-refractivity contribution in [3.8, 4) is 28.7 Å². The number of likely N-dealkylation sites (tertiary alicyclic amines) is 1. The molecule has 0 aliphatic carbocycles. The van der Waals surface area contributed by atoms with Crippen molar-refractivity contribution in [3.05, 3.63) is 80.8 Å². The molecule has 0 radical (unpaired) electrons. The van der Waals surface area contributed by atoms with Crippen LogP contribution in [0.3, 0.4) is 0 Å². The number of carbonyl (C=O) groups excluding carboxylic acids is 4. The number of benzene rings is 2. The van der Waals surface area contributed by atoms with Gasteiger partial charge < -0.3 is 43.9 Å². The average Bonchev–Trinajstić information content (AvgIpc) is 3.23. The topological polar surface area (TPSA) is 183 Å². The summed E-state index contributed by atoms with van der Waals surface area (Å²) >= 11 is 0. The number of nitrogens with zero attached hydrogens (tertiary/aromatic N) is 2. The van der Waals surface area contributed by atoms with E-state index in [9.17, 15) is 34.2 Å². The summed E-state index contributed by atoms with van der Waals surface area (Å²) in [7, 11) is 4.37. The zero-order chi connectivity index (χ0) is 43.6. The fourth-order valence-electron chi connectivity index (χ4n) is 9.03. The molecule has 14 nitrogen and oxygen atoms in total. The molecule has 4 heterocycles. The largest absolute Gasteiger partial charge is 0.507 e. The van der Waals surface area contributed by atoms with Gasteiger partial charge in [-0.05, 0) is 93.2 Å². The molecule has 4 unspecified atom stereocenters. The van der Waals surface area contributed by atoms with E-state index in [1.807, 2.05) is 15.5 Å². The number of methoxy groups -OCH3 is 3. The molecule has 3 aliphatic rings. The second-order valence-electron chi connectivity index (χ2n) is 16.4. The van der Waals surface area contributed by atoms with Gasteiger partial charge in [0.25, 0.3) is 5.56 Å². The third-order valence-electron chi connectivity index (χ3n) is 12.1. The van der Waals surface area contributed by atoms with Crippen molar-refractivity contribution in [2.75, 3.05) is 41.0 Å². The average molecular weight is 842 g/mol. The van der Waals surface area contributed by atoms with Gasteiger partial charge in [-0.1, -0.05) is 24.6 Å². The maximum absolute atomic E-state index is 13.8. The lowest BCUT2D eigenvalue weighted by Gasteiger charge is -2.42. The van der Waals surface area contributed by atoms with Crippen molar-refractivity contribution in [1.82, 2.24) is 14.8 Å². The number of aromatic hydroxyl groups is 2. The molecule has 1 saturated heterocycles. The first-order chi connectivity index (χ1) is 29.4. The minimum atomic E-state index is -1.00. The van der Waals surface area contributed by atoms with Crippen LogP contribution >= 0.6 is 0 Å². The lowest BCUT2D eigenvalue weighted by Crippen LogP contribution is -2.49. The number of esters is 1. The van der Waals surface area contributed by atoms with Crippen molar-refractivity contribution in [2.24, 2.45) is 5.92 Å². The third kappa shape index (κ3) is 10.8. The highest BCUT2D eigenvalue weighted by molar-refractivity contribution is 5.98. The van der Waals surface area contributed by atoms with Gasteiger partial charge in [0.05, 0.1) is 27.4 Å². The van der Waals surface area contributed by atoms with Crippen molar-refractivity contribution in [2.45, 2.75) is 108 Å². The Morgan fingerprint density at radius 3 is 2.43 bits per heavy atom. The highest BCUT2D eigenvalue weighted by atomic mass is 16.5. The molecule has 1 fully saturated rings. The van der Waals surface area contributed by atoms with Crippen molar-refractivity contribution >= 4 is 29.6 Å². The number of hydrogen-bond acceptors (Lipinski definition) is 11. The molecule has 0 spiro atoms. The van der Waals surface area contributed by atoms with E-state index in [1.54, 1.807) is 43.3 Å². The Kier molecular flexibility index (Phi) is 15.2. The second-order valence-corrected chi connectivity index (χ2v) is 16.4. The molecule has 3 aromatic rings. The van der Waals surface area contributed by atoms with Gasteiger partial charge in [0.1, 0.15) is 22.8 Å². The first kappa shape index (κ1) is 44.8. The van der Waals surface area contributed by atoms with Crippen LogP contribution in [-0.4, -0.2) is 90.3 Å². The number of allylic oxidation sites excluding steroid dienone is 1. The summed E-state index contributed by atoms with van der Waals surface area (Å²) in [5.41, 5.74) is 1.49. The maximum atomic E-state index is 13.8. The molecule has 3 aliphatic heterocycles. The molecule has 1 aromatic heterocycles. The Bertz CT molecular complexity index is 2150. The van der Waals surface area contributed by atoms with Gasteiger partial charge in [-0.2, -0.15) is 0 Å². The fraction of sp³-hybridized carbons (Fsp3) is 0.511. The number of aromatic nitrogens is 1. The minimum absolute atomic E-state index is 0.0129. The molecule has 3 N–H and O–H groups in total. The van der Waals surface area contributed by atoms with E-state index in [0.29, 0.717) is 102 Å². The number of hydrogen-bond donors (Lipinski definition) is 3. The number of amides is 2. The van der Waals surface area contributed by atoms with E-state index in [2.05, 4.69) is 5.32 Å². The van der Waals surface area contributed by atoms with Crippen LogP contribution in [0.4, 0.5) is 0 Å². The summed E-state index contributed by atoms with van der Waals surface area (Å²) in [5, 5.41) is 26.6. The van der Waals surface area contributed by atoms with Crippen LogP contribution in [0.1, 0.15) is 129 Å². The molecule has 4 atom stereocenters. The number of rotatable bonds is 13. The first-order valence-corrected chi connectivity index (χ1v) is 21.4. The molecular formula is C47H59N3O11. The number of carbonyl (C=O) groups is 4. The Morgan fingerprint density at radius 1 is 0.934 bits per heavy atom. The number of ether oxygens (including phenoxy) is 4. The number of ketones is 1. The molecule has 6 rings (SSSR count). The Morgan fingerprint density at radius 2 is 1.69 bits per heavy atom. The molecule has 2 bridgehead atoms. The number of phenolic OH excluding ortho intramolecular Hbond substituents is 2. The Labute approximate surface area is 356 Å². The van der Waals surface area contributed by atoms with Gasteiger partial charge in [-0.3, -0.25) is 19.2 Å². The molecule has 2 amide bonds. The van der Waals surface area contributed by atoms with Gasteiger partial charge >= 0.3 is 5.97 Å². The highest BCUT2D eigenvalue weighted by Crippen LogP contribution is 2.48. The third-order valence-corrected chi connectivity index (χ3v) is 12.1. The monoisotopic (exact) mass is 841 g/mol. The zero-order valence-electron chi connectivity index (χ0n) is 35.7. The number of pyridine rings is 1. The van der Waals surface area contributed by atoms with E-state index in [-0.39, 0.29) is 75.4 Å². The number of unbranched alkanes of at least 4 members (excludes halogenated alkanes) is 2. The maximum Gasteiger partial charge on any atom is 0.342 e. The fourth-order valence-corrected chi connectivity index (χ4v) is 9.03. The Balaban J connectivity index is 1.17. The summed E-state index contributed by atoms with van der Waals surface area (Å²) in [5.74, 6) is -1.49. The van der Waals surface area contributed by atoms with Gasteiger partial charge in [0, 0.05) is 81.0 Å². The van der Waals surface area contributed by atoms with Crippen LogP contribution in [0.2, 0.25) is 0 Å². The standard InChI is InChI=1S/C47H59N3O11/c1-29-13-11-16-34(51)15-8-5-7-14-31-22-37(52)44(45(56)43(31)47(57)61-29)35(32-23-38(58-2)46(60-4)39(24-32)59-3)25-40(53)48-20-10-6-9-18-41(54)49-26-30-21-33(28-49)36-17-12-19-42(55)50(36)27-30/h7,12,14,17,19,22-24,29-30,33,35,52,56H,5-6,8-11,13,15-16,18,20-21,25-28H2,1-4H3,(H,48,53). The summed E-state index contributed by atoms with van der Waals surface area (Å²) in [4.78, 5) is 67.5. The van der Waals surface area contributed by atoms with Crippen molar-refractivity contribution in [1.29, 1.82) is 0 Å². The smallest absolute Gasteiger partial charge is 0.342 e. The van der Waals surface area contributed by atoms with Crippen LogP contribution in [0, 0.1) is 5.92 Å². The molecular weight excluding hydrogens is 783 g/mol. The van der Waals surface area contributed by atoms with Crippen LogP contribution < -0.4 is 25.1 Å². The van der Waals surface area contributed by atoms with Crippen LogP contribution in [0.25, 0.3) is 6.08 Å². The number of cyclic esters (lactones) is 1. The predicted octanol–water partition coefficient (Wildman–Crippen LogP) is 6.61. The van der Waals surface area contributed by atoms with Gasteiger partial charge in [-0.15, -0.1) is 0 Å². The normalized spacial score (nSPS) is 19.7. The van der Waals surface area contributed by atoms with Gasteiger partial charge in [0.15, 0.2) is 11.5 Å². The van der Waals surface area contributed by atoms with E-state index in [0.717, 1.165) is 12.1 Å². The van der Waals surface area contributed by atoms with Crippen molar-refractivity contribution < 1.29 is 48.3 Å². The zero-order valence-corrected chi connectivity index (χ0v) is 35.7. The lowest BCUT2D eigenvalue weighted by molar-refractivity contribution is -0.134. The quantitative estimate of drug-likeness (QED) is 0.124. The van der Waals surface area contributed by atoms with Gasteiger partial charge in [0.2, 0.25) is 17.6 Å².